The van der Waals surface area contributed by atoms with Gasteiger partial charge in [-0.05, 0) is 26.2 Å². The number of nitrogens with zero attached hydrogens (tertiary/aromatic N) is 2. The Morgan fingerprint density at radius 1 is 1.57 bits per heavy atom. The summed E-state index contributed by atoms with van der Waals surface area (Å²) in [4.78, 5) is 0. The van der Waals surface area contributed by atoms with Gasteiger partial charge in [0.2, 0.25) is 0 Å². The second-order valence-electron chi connectivity index (χ2n) is 5.97. The van der Waals surface area contributed by atoms with E-state index in [0.717, 1.165) is 45.6 Å². The molecule has 0 bridgehead atoms. The van der Waals surface area contributed by atoms with Crippen LogP contribution in [0.1, 0.15) is 31.7 Å². The minimum Gasteiger partial charge on any atom is -0.381 e. The fourth-order valence-electron chi connectivity index (χ4n) is 3.70. The zero-order valence-electron chi connectivity index (χ0n) is 12.8. The fraction of sp³-hybridized carbons (Fsp3) is 0.688. The lowest BCUT2D eigenvalue weighted by atomic mass is 9.57. The van der Waals surface area contributed by atoms with E-state index in [1.807, 2.05) is 12.4 Å². The largest absolute Gasteiger partial charge is 0.381 e. The molecule has 1 aliphatic heterocycles. The number of hydrogen-bond donors (Lipinski definition) is 1. The van der Waals surface area contributed by atoms with Crippen molar-refractivity contribution in [1.82, 2.24) is 15.1 Å². The van der Waals surface area contributed by atoms with Crippen LogP contribution in [-0.2, 0) is 16.0 Å². The van der Waals surface area contributed by atoms with Crippen molar-refractivity contribution in [2.45, 2.75) is 44.9 Å². The van der Waals surface area contributed by atoms with Gasteiger partial charge in [0.15, 0.2) is 0 Å². The lowest BCUT2D eigenvalue weighted by molar-refractivity contribution is -0.173. The van der Waals surface area contributed by atoms with Gasteiger partial charge in [0.25, 0.3) is 0 Å². The number of ether oxygens (including phenoxy) is 2. The molecular weight excluding hydrogens is 266 g/mol. The van der Waals surface area contributed by atoms with Crippen molar-refractivity contribution in [3.8, 4) is 0 Å². The van der Waals surface area contributed by atoms with E-state index in [0.29, 0.717) is 12.1 Å². The Kier molecular flexibility index (Phi) is 4.42. The molecule has 1 saturated carbocycles. The van der Waals surface area contributed by atoms with Crippen molar-refractivity contribution in [2.24, 2.45) is 5.41 Å². The van der Waals surface area contributed by atoms with Gasteiger partial charge in [-0.1, -0.05) is 6.58 Å². The predicted molar refractivity (Wildman–Crippen MR) is 81.8 cm³/mol. The van der Waals surface area contributed by atoms with E-state index >= 15 is 0 Å². The van der Waals surface area contributed by atoms with Crippen LogP contribution in [-0.4, -0.2) is 41.7 Å². The van der Waals surface area contributed by atoms with Gasteiger partial charge >= 0.3 is 0 Å². The molecule has 1 spiro atoms. The van der Waals surface area contributed by atoms with E-state index in [-0.39, 0.29) is 5.41 Å². The molecule has 0 unspecified atom stereocenters. The molecule has 116 valence electrons. The SMILES string of the molecule is C=Cn1cc(CN[C@@H]2C[C@@H](OCC)C23CCOCC3)cn1. The number of nitrogens with one attached hydrogen (secondary N) is 1. The van der Waals surface area contributed by atoms with E-state index in [2.05, 4.69) is 23.9 Å². The van der Waals surface area contributed by atoms with Crippen LogP contribution in [0, 0.1) is 5.41 Å². The molecule has 1 aliphatic carbocycles. The summed E-state index contributed by atoms with van der Waals surface area (Å²) in [5.41, 5.74) is 1.46. The lowest BCUT2D eigenvalue weighted by Crippen LogP contribution is -2.65. The first-order valence-corrected chi connectivity index (χ1v) is 7.87. The molecule has 5 heteroatoms. The van der Waals surface area contributed by atoms with E-state index in [4.69, 9.17) is 9.47 Å². The summed E-state index contributed by atoms with van der Waals surface area (Å²) >= 11 is 0. The zero-order chi connectivity index (χ0) is 14.7. The first kappa shape index (κ1) is 14.8. The summed E-state index contributed by atoms with van der Waals surface area (Å²) in [6.07, 6.45) is 9.29. The standard InChI is InChI=1S/C16H25N3O2/c1-3-19-12-13(11-18-19)10-17-14-9-15(21-4-2)16(14)5-7-20-8-6-16/h3,11-12,14-15,17H,1,4-10H2,2H3/t14-,15-/m1/s1. The maximum absolute atomic E-state index is 5.95. The Morgan fingerprint density at radius 2 is 2.38 bits per heavy atom. The molecule has 1 saturated heterocycles. The van der Waals surface area contributed by atoms with Crippen LogP contribution in [0.25, 0.3) is 6.20 Å². The monoisotopic (exact) mass is 291 g/mol. The van der Waals surface area contributed by atoms with Crippen molar-refractivity contribution in [3.05, 3.63) is 24.5 Å². The number of aromatic nitrogens is 2. The highest BCUT2D eigenvalue weighted by Gasteiger charge is 2.55. The van der Waals surface area contributed by atoms with Crippen LogP contribution < -0.4 is 5.32 Å². The Hall–Kier alpha value is -1.17. The van der Waals surface area contributed by atoms with Gasteiger partial charge in [0, 0.05) is 55.8 Å². The summed E-state index contributed by atoms with van der Waals surface area (Å²) in [5, 5.41) is 7.92. The molecule has 0 radical (unpaired) electrons. The number of hydrogen-bond acceptors (Lipinski definition) is 4. The van der Waals surface area contributed by atoms with Gasteiger partial charge in [0.05, 0.1) is 12.3 Å². The third-order valence-corrected chi connectivity index (χ3v) is 4.97. The van der Waals surface area contributed by atoms with E-state index < -0.39 is 0 Å². The van der Waals surface area contributed by atoms with Crippen LogP contribution in [0.4, 0.5) is 0 Å². The molecule has 3 rings (SSSR count). The van der Waals surface area contributed by atoms with Crippen molar-refractivity contribution in [2.75, 3.05) is 19.8 Å². The molecule has 2 heterocycles. The summed E-state index contributed by atoms with van der Waals surface area (Å²) in [6, 6.07) is 0.519. The maximum Gasteiger partial charge on any atom is 0.0662 e. The van der Waals surface area contributed by atoms with Crippen LogP contribution >= 0.6 is 0 Å². The average molecular weight is 291 g/mol. The molecule has 5 nitrogen and oxygen atoms in total. The van der Waals surface area contributed by atoms with Crippen molar-refractivity contribution in [3.63, 3.8) is 0 Å². The molecule has 2 fully saturated rings. The summed E-state index contributed by atoms with van der Waals surface area (Å²) in [7, 11) is 0. The van der Waals surface area contributed by atoms with E-state index in [9.17, 15) is 0 Å². The van der Waals surface area contributed by atoms with Crippen molar-refractivity contribution >= 4 is 6.20 Å². The van der Waals surface area contributed by atoms with Crippen LogP contribution in [0.15, 0.2) is 19.0 Å². The maximum atomic E-state index is 5.95. The second-order valence-corrected chi connectivity index (χ2v) is 5.97. The van der Waals surface area contributed by atoms with Crippen molar-refractivity contribution in [1.29, 1.82) is 0 Å². The Labute approximate surface area is 126 Å². The predicted octanol–water partition coefficient (Wildman–Crippen LogP) is 2.05. The van der Waals surface area contributed by atoms with E-state index in [1.54, 1.807) is 10.9 Å². The summed E-state index contributed by atoms with van der Waals surface area (Å²) in [6.45, 7) is 9.16. The van der Waals surface area contributed by atoms with Gasteiger partial charge in [-0.2, -0.15) is 5.10 Å². The molecule has 0 amide bonds. The van der Waals surface area contributed by atoms with Gasteiger partial charge < -0.3 is 14.8 Å². The Morgan fingerprint density at radius 3 is 3.05 bits per heavy atom. The first-order valence-electron chi connectivity index (χ1n) is 7.87. The molecule has 2 atom stereocenters. The normalized spacial score (nSPS) is 27.5. The molecule has 2 aliphatic rings. The minimum absolute atomic E-state index is 0.267. The van der Waals surface area contributed by atoms with Crippen molar-refractivity contribution < 1.29 is 9.47 Å². The smallest absolute Gasteiger partial charge is 0.0662 e. The average Bonchev–Trinajstić information content (AvgIpc) is 2.99. The Bertz CT molecular complexity index is 480. The Balaban J connectivity index is 1.60. The lowest BCUT2D eigenvalue weighted by Gasteiger charge is -2.57. The summed E-state index contributed by atoms with van der Waals surface area (Å²) in [5.74, 6) is 0. The zero-order valence-corrected chi connectivity index (χ0v) is 12.8. The third-order valence-electron chi connectivity index (χ3n) is 4.97. The fourth-order valence-corrected chi connectivity index (χ4v) is 3.70. The minimum atomic E-state index is 0.267. The molecule has 21 heavy (non-hydrogen) atoms. The molecule has 1 N–H and O–H groups in total. The molecule has 1 aromatic rings. The quantitative estimate of drug-likeness (QED) is 0.871. The molecule has 0 aromatic carbocycles. The highest BCUT2D eigenvalue weighted by Crippen LogP contribution is 2.50. The number of rotatable bonds is 6. The van der Waals surface area contributed by atoms with Crippen LogP contribution in [0.2, 0.25) is 0 Å². The van der Waals surface area contributed by atoms with Gasteiger partial charge in [-0.3, -0.25) is 0 Å². The topological polar surface area (TPSA) is 48.3 Å². The molecular formula is C16H25N3O2. The third kappa shape index (κ3) is 2.78. The van der Waals surface area contributed by atoms with Crippen LogP contribution in [0.3, 0.4) is 0 Å². The molecule has 1 aromatic heterocycles. The van der Waals surface area contributed by atoms with Gasteiger partial charge in [-0.15, -0.1) is 0 Å². The van der Waals surface area contributed by atoms with E-state index in [1.165, 1.54) is 5.56 Å². The highest BCUT2D eigenvalue weighted by atomic mass is 16.5. The second kappa shape index (κ2) is 6.30. The summed E-state index contributed by atoms with van der Waals surface area (Å²) < 4.78 is 13.2. The van der Waals surface area contributed by atoms with Gasteiger partial charge in [-0.25, -0.2) is 4.68 Å². The first-order chi connectivity index (χ1) is 10.3. The highest BCUT2D eigenvalue weighted by molar-refractivity contribution is 5.18. The van der Waals surface area contributed by atoms with Crippen LogP contribution in [0.5, 0.6) is 0 Å². The van der Waals surface area contributed by atoms with Gasteiger partial charge in [0.1, 0.15) is 0 Å².